The summed E-state index contributed by atoms with van der Waals surface area (Å²) in [6.45, 7) is 4.06. The van der Waals surface area contributed by atoms with Crippen molar-refractivity contribution >= 4 is 33.2 Å². The van der Waals surface area contributed by atoms with Crippen LogP contribution in [0, 0.1) is 6.92 Å². The van der Waals surface area contributed by atoms with Crippen LogP contribution in [0.5, 0.6) is 0 Å². The predicted molar refractivity (Wildman–Crippen MR) is 108 cm³/mol. The smallest absolute Gasteiger partial charge is 0.240 e. The van der Waals surface area contributed by atoms with Gasteiger partial charge in [0, 0.05) is 37.8 Å². The molecular formula is C20H23N3O4S. The lowest BCUT2D eigenvalue weighted by Gasteiger charge is -2.15. The van der Waals surface area contributed by atoms with Crippen molar-refractivity contribution in [3.8, 4) is 0 Å². The highest BCUT2D eigenvalue weighted by Crippen LogP contribution is 2.30. The number of amides is 2. The Balaban J connectivity index is 1.54. The Morgan fingerprint density at radius 2 is 1.82 bits per heavy atom. The summed E-state index contributed by atoms with van der Waals surface area (Å²) in [6, 6.07) is 11.9. The van der Waals surface area contributed by atoms with Crippen LogP contribution in [0.2, 0.25) is 0 Å². The van der Waals surface area contributed by atoms with Crippen molar-refractivity contribution < 1.29 is 18.0 Å². The molecule has 1 heterocycles. The number of rotatable bonds is 6. The van der Waals surface area contributed by atoms with Gasteiger partial charge in [-0.1, -0.05) is 17.7 Å². The molecule has 0 aliphatic carbocycles. The van der Waals surface area contributed by atoms with E-state index in [9.17, 15) is 18.0 Å². The summed E-state index contributed by atoms with van der Waals surface area (Å²) in [5, 5.41) is 2.77. The molecule has 0 fully saturated rings. The van der Waals surface area contributed by atoms with Gasteiger partial charge >= 0.3 is 0 Å². The predicted octanol–water partition coefficient (Wildman–Crippen LogP) is 2.21. The van der Waals surface area contributed by atoms with E-state index in [0.717, 1.165) is 23.2 Å². The second kappa shape index (κ2) is 8.12. The highest BCUT2D eigenvalue weighted by molar-refractivity contribution is 7.89. The van der Waals surface area contributed by atoms with Gasteiger partial charge in [0.1, 0.15) is 0 Å². The standard InChI is InChI=1S/C20H23N3O4S/c1-14-3-6-18(7-4-14)28(26,27)21-11-9-20(25)22-17-5-8-19-16(13-17)10-12-23(19)15(2)24/h3-8,13,21H,9-12H2,1-2H3,(H,22,25). The molecule has 2 aromatic rings. The number of carbonyl (C=O) groups excluding carboxylic acids is 2. The molecular weight excluding hydrogens is 378 g/mol. The summed E-state index contributed by atoms with van der Waals surface area (Å²) in [4.78, 5) is 25.6. The summed E-state index contributed by atoms with van der Waals surface area (Å²) in [6.07, 6.45) is 0.761. The molecule has 0 aromatic heterocycles. The third-order valence-electron chi connectivity index (χ3n) is 4.61. The highest BCUT2D eigenvalue weighted by atomic mass is 32.2. The van der Waals surface area contributed by atoms with E-state index in [2.05, 4.69) is 10.0 Å². The quantitative estimate of drug-likeness (QED) is 0.776. The zero-order valence-electron chi connectivity index (χ0n) is 15.9. The van der Waals surface area contributed by atoms with Crippen molar-refractivity contribution in [3.05, 3.63) is 53.6 Å². The van der Waals surface area contributed by atoms with Crippen LogP contribution in [0.1, 0.15) is 24.5 Å². The maximum Gasteiger partial charge on any atom is 0.240 e. The Kier molecular flexibility index (Phi) is 5.81. The first-order valence-electron chi connectivity index (χ1n) is 9.03. The minimum Gasteiger partial charge on any atom is -0.326 e. The molecule has 2 amide bonds. The van der Waals surface area contributed by atoms with Crippen LogP contribution < -0.4 is 14.9 Å². The van der Waals surface area contributed by atoms with Crippen molar-refractivity contribution in [1.82, 2.24) is 4.72 Å². The van der Waals surface area contributed by atoms with E-state index < -0.39 is 10.0 Å². The summed E-state index contributed by atoms with van der Waals surface area (Å²) in [5.41, 5.74) is 3.49. The lowest BCUT2D eigenvalue weighted by Crippen LogP contribution is -2.27. The average Bonchev–Trinajstić information content (AvgIpc) is 3.05. The molecule has 3 rings (SSSR count). The third kappa shape index (κ3) is 4.58. The third-order valence-corrected chi connectivity index (χ3v) is 6.09. The van der Waals surface area contributed by atoms with Crippen LogP contribution in [-0.4, -0.2) is 33.3 Å². The number of anilines is 2. The van der Waals surface area contributed by atoms with E-state index in [1.807, 2.05) is 19.1 Å². The fraction of sp³-hybridized carbons (Fsp3) is 0.300. The molecule has 0 saturated heterocycles. The van der Waals surface area contributed by atoms with Crippen molar-refractivity contribution in [2.45, 2.75) is 31.6 Å². The van der Waals surface area contributed by atoms with Crippen LogP contribution >= 0.6 is 0 Å². The first-order chi connectivity index (χ1) is 13.3. The van der Waals surface area contributed by atoms with Crippen LogP contribution in [0.25, 0.3) is 0 Å². The number of nitrogens with one attached hydrogen (secondary N) is 2. The monoisotopic (exact) mass is 401 g/mol. The van der Waals surface area contributed by atoms with Gasteiger partial charge in [0.05, 0.1) is 4.90 Å². The molecule has 1 aliphatic heterocycles. The lowest BCUT2D eigenvalue weighted by molar-refractivity contribution is -0.117. The molecule has 0 radical (unpaired) electrons. The van der Waals surface area contributed by atoms with Crippen molar-refractivity contribution in [2.24, 2.45) is 0 Å². The van der Waals surface area contributed by atoms with Gasteiger partial charge in [0.2, 0.25) is 21.8 Å². The minimum atomic E-state index is -3.64. The maximum absolute atomic E-state index is 12.2. The van der Waals surface area contributed by atoms with Crippen LogP contribution in [0.15, 0.2) is 47.4 Å². The largest absolute Gasteiger partial charge is 0.326 e. The molecule has 0 unspecified atom stereocenters. The summed E-state index contributed by atoms with van der Waals surface area (Å²) in [7, 11) is -3.64. The van der Waals surface area contributed by atoms with Crippen molar-refractivity contribution in [3.63, 3.8) is 0 Å². The van der Waals surface area contributed by atoms with E-state index >= 15 is 0 Å². The number of aryl methyl sites for hydroxylation is 1. The molecule has 0 saturated carbocycles. The van der Waals surface area contributed by atoms with E-state index in [1.54, 1.807) is 23.1 Å². The Morgan fingerprint density at radius 1 is 1.11 bits per heavy atom. The molecule has 1 aliphatic rings. The van der Waals surface area contributed by atoms with E-state index in [-0.39, 0.29) is 29.7 Å². The molecule has 0 spiro atoms. The van der Waals surface area contributed by atoms with Crippen LogP contribution in [0.3, 0.4) is 0 Å². The number of sulfonamides is 1. The van der Waals surface area contributed by atoms with Gasteiger partial charge in [-0.25, -0.2) is 13.1 Å². The van der Waals surface area contributed by atoms with Crippen LogP contribution in [-0.2, 0) is 26.0 Å². The molecule has 28 heavy (non-hydrogen) atoms. The second-order valence-corrected chi connectivity index (χ2v) is 8.54. The topological polar surface area (TPSA) is 95.6 Å². The zero-order chi connectivity index (χ0) is 20.3. The Morgan fingerprint density at radius 3 is 2.50 bits per heavy atom. The second-order valence-electron chi connectivity index (χ2n) is 6.77. The van der Waals surface area contributed by atoms with Crippen molar-refractivity contribution in [2.75, 3.05) is 23.3 Å². The number of carbonyl (C=O) groups is 2. The number of benzene rings is 2. The molecule has 148 valence electrons. The van der Waals surface area contributed by atoms with Gasteiger partial charge in [-0.05, 0) is 49.2 Å². The summed E-state index contributed by atoms with van der Waals surface area (Å²) in [5.74, 6) is -0.288. The molecule has 0 bridgehead atoms. The van der Waals surface area contributed by atoms with Gasteiger partial charge < -0.3 is 10.2 Å². The number of nitrogens with zero attached hydrogens (tertiary/aromatic N) is 1. The van der Waals surface area contributed by atoms with E-state index in [4.69, 9.17) is 0 Å². The molecule has 0 atom stereocenters. The fourth-order valence-electron chi connectivity index (χ4n) is 3.13. The SMILES string of the molecule is CC(=O)N1CCc2cc(NC(=O)CCNS(=O)(=O)c3ccc(C)cc3)ccc21. The first kappa shape index (κ1) is 20.0. The van der Waals surface area contributed by atoms with Gasteiger partial charge in [-0.15, -0.1) is 0 Å². The molecule has 2 aromatic carbocycles. The Hall–Kier alpha value is -2.71. The number of hydrogen-bond donors (Lipinski definition) is 2. The Labute approximate surface area is 164 Å². The Bertz CT molecular complexity index is 1000. The molecule has 7 nitrogen and oxygen atoms in total. The van der Waals surface area contributed by atoms with Gasteiger partial charge in [-0.2, -0.15) is 0 Å². The molecule has 8 heteroatoms. The fourth-order valence-corrected chi connectivity index (χ4v) is 4.16. The first-order valence-corrected chi connectivity index (χ1v) is 10.5. The molecule has 2 N–H and O–H groups in total. The van der Waals surface area contributed by atoms with E-state index in [0.29, 0.717) is 12.2 Å². The van der Waals surface area contributed by atoms with Crippen molar-refractivity contribution in [1.29, 1.82) is 0 Å². The maximum atomic E-state index is 12.2. The van der Waals surface area contributed by atoms with Gasteiger partial charge in [0.25, 0.3) is 0 Å². The average molecular weight is 401 g/mol. The van der Waals surface area contributed by atoms with E-state index in [1.165, 1.54) is 19.1 Å². The summed E-state index contributed by atoms with van der Waals surface area (Å²) < 4.78 is 26.9. The summed E-state index contributed by atoms with van der Waals surface area (Å²) >= 11 is 0. The lowest BCUT2D eigenvalue weighted by atomic mass is 10.1. The van der Waals surface area contributed by atoms with Crippen LogP contribution in [0.4, 0.5) is 11.4 Å². The normalized spacial score (nSPS) is 13.3. The zero-order valence-corrected chi connectivity index (χ0v) is 16.7. The van der Waals surface area contributed by atoms with Gasteiger partial charge in [-0.3, -0.25) is 9.59 Å². The minimum absolute atomic E-state index is 0.00334. The van der Waals surface area contributed by atoms with Gasteiger partial charge in [0.15, 0.2) is 0 Å². The number of hydrogen-bond acceptors (Lipinski definition) is 4. The highest BCUT2D eigenvalue weighted by Gasteiger charge is 2.22. The number of fused-ring (bicyclic) bond motifs is 1.